The molecule has 2 aromatic carbocycles. The van der Waals surface area contributed by atoms with Crippen LogP contribution < -0.4 is 16.0 Å². The lowest BCUT2D eigenvalue weighted by Gasteiger charge is -2.26. The third-order valence-electron chi connectivity index (χ3n) is 6.76. The van der Waals surface area contributed by atoms with Gasteiger partial charge in [0.1, 0.15) is 0 Å². The Kier molecular flexibility index (Phi) is 7.82. The molecule has 11 heteroatoms. The van der Waals surface area contributed by atoms with E-state index in [2.05, 4.69) is 30.9 Å². The lowest BCUT2D eigenvalue weighted by atomic mass is 9.77. The predicted molar refractivity (Wildman–Crippen MR) is 156 cm³/mol. The second-order valence-electron chi connectivity index (χ2n) is 9.90. The van der Waals surface area contributed by atoms with Crippen molar-refractivity contribution in [2.24, 2.45) is 5.41 Å². The summed E-state index contributed by atoms with van der Waals surface area (Å²) < 4.78 is 0. The zero-order valence-corrected chi connectivity index (χ0v) is 22.5. The number of carboxylic acids is 1. The van der Waals surface area contributed by atoms with Crippen LogP contribution in [-0.4, -0.2) is 43.6 Å². The Morgan fingerprint density at radius 2 is 1.64 bits per heavy atom. The van der Waals surface area contributed by atoms with E-state index in [0.717, 1.165) is 11.3 Å². The lowest BCUT2D eigenvalue weighted by Crippen LogP contribution is -2.34. The van der Waals surface area contributed by atoms with E-state index >= 15 is 0 Å². The average molecular weight is 563 g/mol. The standard InChI is InChI=1S/C31H26N6O5/c1-31(29(41)42)13-11-26(38)24(17-31)28(40)35-23-6-2-4-19(16-23)27(39)34-21-7-9-22(10-8-21)36-30-33-15-12-25(37-30)20-5-3-14-32-18-20/h2-10,12,14-18H,11,13H2,1H3,(H,34,39)(H,35,40)(H,41,42)(H,33,36,37). The van der Waals surface area contributed by atoms with Gasteiger partial charge in [-0.15, -0.1) is 0 Å². The molecule has 0 fully saturated rings. The number of carboxylic acid groups (broad SMARTS) is 1. The van der Waals surface area contributed by atoms with Crippen molar-refractivity contribution in [2.45, 2.75) is 19.8 Å². The number of rotatable bonds is 8. The number of amides is 2. The molecule has 0 spiro atoms. The Morgan fingerprint density at radius 3 is 2.38 bits per heavy atom. The van der Waals surface area contributed by atoms with Gasteiger partial charge in [-0.05, 0) is 74.0 Å². The van der Waals surface area contributed by atoms with Gasteiger partial charge in [0.15, 0.2) is 5.78 Å². The van der Waals surface area contributed by atoms with Crippen LogP contribution in [0.15, 0.2) is 97.0 Å². The number of Topliss-reactive ketones (excluding diaryl/α,β-unsaturated/α-hetero) is 1. The Morgan fingerprint density at radius 1 is 0.881 bits per heavy atom. The van der Waals surface area contributed by atoms with Gasteiger partial charge in [0.2, 0.25) is 5.95 Å². The topological polar surface area (TPSA) is 163 Å². The van der Waals surface area contributed by atoms with Crippen LogP contribution in [0.3, 0.4) is 0 Å². The van der Waals surface area contributed by atoms with Crippen LogP contribution in [-0.2, 0) is 14.4 Å². The van der Waals surface area contributed by atoms with Crippen molar-refractivity contribution in [3.8, 4) is 11.3 Å². The first-order valence-electron chi connectivity index (χ1n) is 13.0. The van der Waals surface area contributed by atoms with Gasteiger partial charge in [0.05, 0.1) is 16.7 Å². The first-order valence-corrected chi connectivity index (χ1v) is 13.0. The van der Waals surface area contributed by atoms with E-state index in [1.54, 1.807) is 67.1 Å². The molecule has 2 amide bonds. The molecule has 210 valence electrons. The van der Waals surface area contributed by atoms with Crippen molar-refractivity contribution in [2.75, 3.05) is 16.0 Å². The van der Waals surface area contributed by atoms with Crippen LogP contribution in [0.5, 0.6) is 0 Å². The molecule has 0 radical (unpaired) electrons. The number of nitrogens with zero attached hydrogens (tertiary/aromatic N) is 3. The summed E-state index contributed by atoms with van der Waals surface area (Å²) in [5.74, 6) is -2.25. The van der Waals surface area contributed by atoms with Crippen molar-refractivity contribution >= 4 is 46.6 Å². The highest BCUT2D eigenvalue weighted by atomic mass is 16.4. The molecule has 1 aliphatic carbocycles. The van der Waals surface area contributed by atoms with Gasteiger partial charge >= 0.3 is 5.97 Å². The molecule has 2 heterocycles. The monoisotopic (exact) mass is 562 g/mol. The van der Waals surface area contributed by atoms with E-state index in [9.17, 15) is 24.3 Å². The lowest BCUT2D eigenvalue weighted by molar-refractivity contribution is -0.146. The molecule has 0 aliphatic heterocycles. The number of nitrogens with one attached hydrogen (secondary N) is 3. The van der Waals surface area contributed by atoms with E-state index in [1.807, 2.05) is 12.1 Å². The van der Waals surface area contributed by atoms with E-state index in [-0.39, 0.29) is 29.7 Å². The number of aliphatic carboxylic acids is 1. The number of aromatic nitrogens is 3. The van der Waals surface area contributed by atoms with E-state index in [0.29, 0.717) is 17.3 Å². The molecule has 2 aromatic heterocycles. The number of hydrogen-bond donors (Lipinski definition) is 4. The van der Waals surface area contributed by atoms with Gasteiger partial charge in [0.25, 0.3) is 11.8 Å². The number of benzene rings is 2. The minimum absolute atomic E-state index is 0.0381. The van der Waals surface area contributed by atoms with Crippen molar-refractivity contribution in [3.63, 3.8) is 0 Å². The molecule has 0 bridgehead atoms. The van der Waals surface area contributed by atoms with Crippen molar-refractivity contribution in [1.82, 2.24) is 15.0 Å². The van der Waals surface area contributed by atoms with E-state index in [4.69, 9.17) is 0 Å². The molecular formula is C31H26N6O5. The fraction of sp³-hybridized carbons (Fsp3) is 0.129. The van der Waals surface area contributed by atoms with Gasteiger partial charge in [-0.1, -0.05) is 12.1 Å². The van der Waals surface area contributed by atoms with Gasteiger partial charge in [0, 0.05) is 53.2 Å². The zero-order chi connectivity index (χ0) is 29.7. The molecule has 11 nitrogen and oxygen atoms in total. The molecule has 1 atom stereocenters. The third kappa shape index (κ3) is 6.36. The summed E-state index contributed by atoms with van der Waals surface area (Å²) in [6.45, 7) is 1.47. The average Bonchev–Trinajstić information content (AvgIpc) is 3.00. The molecular weight excluding hydrogens is 536 g/mol. The smallest absolute Gasteiger partial charge is 0.313 e. The summed E-state index contributed by atoms with van der Waals surface area (Å²) in [6, 6.07) is 18.7. The molecule has 4 aromatic rings. The fourth-order valence-corrected chi connectivity index (χ4v) is 4.34. The van der Waals surface area contributed by atoms with Crippen molar-refractivity contribution < 1.29 is 24.3 Å². The second kappa shape index (κ2) is 11.8. The van der Waals surface area contributed by atoms with Crippen LogP contribution in [0.1, 0.15) is 30.1 Å². The minimum Gasteiger partial charge on any atom is -0.481 e. The Labute approximate surface area is 240 Å². The maximum Gasteiger partial charge on any atom is 0.313 e. The highest BCUT2D eigenvalue weighted by Gasteiger charge is 2.38. The summed E-state index contributed by atoms with van der Waals surface area (Å²) in [7, 11) is 0. The number of carbonyl (C=O) groups excluding carboxylic acids is 3. The molecule has 1 unspecified atom stereocenters. The van der Waals surface area contributed by atoms with Crippen LogP contribution in [0, 0.1) is 5.41 Å². The highest BCUT2D eigenvalue weighted by Crippen LogP contribution is 2.33. The third-order valence-corrected chi connectivity index (χ3v) is 6.76. The summed E-state index contributed by atoms with van der Waals surface area (Å²) in [5.41, 5.74) is 1.90. The normalized spacial score (nSPS) is 16.2. The first kappa shape index (κ1) is 27.8. The Bertz CT molecular complexity index is 1700. The second-order valence-corrected chi connectivity index (χ2v) is 9.90. The van der Waals surface area contributed by atoms with Gasteiger partial charge in [-0.3, -0.25) is 24.2 Å². The van der Waals surface area contributed by atoms with Gasteiger partial charge in [-0.2, -0.15) is 0 Å². The SMILES string of the molecule is CC1(C(=O)O)C=C(C(=O)Nc2cccc(C(=O)Nc3ccc(Nc4nccc(-c5cccnc5)n4)cc3)c2)C(=O)CC1. The molecule has 5 rings (SSSR count). The van der Waals surface area contributed by atoms with Crippen molar-refractivity contribution in [1.29, 1.82) is 0 Å². The van der Waals surface area contributed by atoms with Crippen LogP contribution in [0.4, 0.5) is 23.0 Å². The maximum atomic E-state index is 12.9. The first-order chi connectivity index (χ1) is 20.2. The maximum absolute atomic E-state index is 12.9. The zero-order valence-electron chi connectivity index (χ0n) is 22.5. The van der Waals surface area contributed by atoms with Crippen LogP contribution >= 0.6 is 0 Å². The largest absolute Gasteiger partial charge is 0.481 e. The number of carbonyl (C=O) groups is 4. The van der Waals surface area contributed by atoms with Crippen molar-refractivity contribution in [3.05, 3.63) is 103 Å². The summed E-state index contributed by atoms with van der Waals surface area (Å²) >= 11 is 0. The molecule has 1 aliphatic rings. The molecule has 42 heavy (non-hydrogen) atoms. The summed E-state index contributed by atoms with van der Waals surface area (Å²) in [4.78, 5) is 62.5. The number of anilines is 4. The Hall–Kier alpha value is -5.71. The quantitative estimate of drug-likeness (QED) is 0.220. The molecule has 0 saturated carbocycles. The summed E-state index contributed by atoms with van der Waals surface area (Å²) in [5, 5.41) is 18.0. The van der Waals surface area contributed by atoms with Gasteiger partial charge < -0.3 is 21.1 Å². The molecule has 0 saturated heterocycles. The Balaban J connectivity index is 1.22. The fourth-order valence-electron chi connectivity index (χ4n) is 4.34. The number of hydrogen-bond acceptors (Lipinski definition) is 8. The molecule has 4 N–H and O–H groups in total. The predicted octanol–water partition coefficient (Wildman–Crippen LogP) is 4.85. The van der Waals surface area contributed by atoms with Crippen LogP contribution in [0.2, 0.25) is 0 Å². The van der Waals surface area contributed by atoms with Crippen LogP contribution in [0.25, 0.3) is 11.3 Å². The number of ketones is 1. The minimum atomic E-state index is -1.30. The summed E-state index contributed by atoms with van der Waals surface area (Å²) in [6.07, 6.45) is 6.35. The van der Waals surface area contributed by atoms with Gasteiger partial charge in [-0.25, -0.2) is 9.97 Å². The highest BCUT2D eigenvalue weighted by molar-refractivity contribution is 6.24. The number of pyridine rings is 1. The van der Waals surface area contributed by atoms with E-state index in [1.165, 1.54) is 19.1 Å². The van der Waals surface area contributed by atoms with E-state index < -0.39 is 29.0 Å².